The van der Waals surface area contributed by atoms with Crippen LogP contribution in [-0.4, -0.2) is 177 Å². The topological polar surface area (TPSA) is 149 Å². The number of ether oxygens (including phenoxy) is 7. The molecule has 0 spiro atoms. The molecular weight excluding hydrogens is 801 g/mol. The predicted molar refractivity (Wildman–Crippen MR) is 245 cm³/mol. The number of pyridine rings is 1. The fourth-order valence-electron chi connectivity index (χ4n) is 6.19. The molecule has 0 radical (unpaired) electrons. The highest BCUT2D eigenvalue weighted by Gasteiger charge is 2.19. The Morgan fingerprint density at radius 1 is 0.689 bits per heavy atom. The summed E-state index contributed by atoms with van der Waals surface area (Å²) >= 11 is 1.74. The highest BCUT2D eigenvalue weighted by molar-refractivity contribution is 7.21. The third-order valence-electron chi connectivity index (χ3n) is 9.72. The Labute approximate surface area is 369 Å². The Morgan fingerprint density at radius 2 is 1.26 bits per heavy atom. The van der Waals surface area contributed by atoms with Gasteiger partial charge in [-0.2, -0.15) is 0 Å². The van der Waals surface area contributed by atoms with Gasteiger partial charge in [0.25, 0.3) is 0 Å². The van der Waals surface area contributed by atoms with Gasteiger partial charge in [-0.1, -0.05) is 40.5 Å². The normalized spacial score (nSPS) is 14.2. The number of nitrogens with one attached hydrogen (secondary N) is 1. The molecule has 2 saturated heterocycles. The molecule has 1 aromatic carbocycles. The van der Waals surface area contributed by atoms with Gasteiger partial charge >= 0.3 is 0 Å². The van der Waals surface area contributed by atoms with Gasteiger partial charge in [0.15, 0.2) is 0 Å². The van der Waals surface area contributed by atoms with Crippen molar-refractivity contribution in [1.29, 1.82) is 0 Å². The van der Waals surface area contributed by atoms with E-state index in [0.29, 0.717) is 99.0 Å². The second kappa shape index (κ2) is 34.5. The number of piperazine rings is 1. The predicted octanol–water partition coefficient (Wildman–Crippen LogP) is 5.53. The van der Waals surface area contributed by atoms with Crippen LogP contribution in [0.15, 0.2) is 36.5 Å². The zero-order valence-electron chi connectivity index (χ0n) is 37.6. The number of amides is 1. The van der Waals surface area contributed by atoms with Crippen LogP contribution in [0.25, 0.3) is 20.8 Å². The third kappa shape index (κ3) is 22.2. The molecule has 3 aromatic rings. The fourth-order valence-corrected chi connectivity index (χ4v) is 7.18. The first-order valence-electron chi connectivity index (χ1n) is 22.6. The van der Waals surface area contributed by atoms with Crippen LogP contribution in [0.2, 0.25) is 0 Å². The maximum Gasteiger partial charge on any atom is 0.222 e. The quantitative estimate of drug-likeness (QED) is 0.0809. The summed E-state index contributed by atoms with van der Waals surface area (Å²) in [6, 6.07) is 10.9. The van der Waals surface area contributed by atoms with Gasteiger partial charge in [0.05, 0.1) is 109 Å². The van der Waals surface area contributed by atoms with Crippen molar-refractivity contribution in [3.05, 3.63) is 36.5 Å². The molecule has 2 aromatic heterocycles. The average Bonchev–Trinajstić information content (AvgIpc) is 4.01. The minimum absolute atomic E-state index is 0.00519. The lowest BCUT2D eigenvalue weighted by molar-refractivity contribution is -0.122. The number of thiazole rings is 1. The number of unbranched alkanes of at least 4 members (excludes halogenated alkanes) is 1. The lowest BCUT2D eigenvalue weighted by Crippen LogP contribution is -2.47. The van der Waals surface area contributed by atoms with Gasteiger partial charge in [-0.25, -0.2) is 9.97 Å². The number of rotatable bonds is 30. The van der Waals surface area contributed by atoms with E-state index in [1.165, 1.54) is 36.1 Å². The van der Waals surface area contributed by atoms with E-state index in [9.17, 15) is 4.79 Å². The van der Waals surface area contributed by atoms with Crippen LogP contribution in [0, 0.1) is 0 Å². The number of fused-ring (bicyclic) bond motifs is 1. The van der Waals surface area contributed by atoms with Crippen LogP contribution in [0.3, 0.4) is 0 Å². The van der Waals surface area contributed by atoms with Crippen LogP contribution in [-0.2, 0) is 38.0 Å². The summed E-state index contributed by atoms with van der Waals surface area (Å²) in [7, 11) is 0. The van der Waals surface area contributed by atoms with E-state index in [0.717, 1.165) is 67.7 Å². The van der Waals surface area contributed by atoms with Crippen LogP contribution < -0.4 is 15.1 Å². The second-order valence-electron chi connectivity index (χ2n) is 14.2. The van der Waals surface area contributed by atoms with E-state index in [1.807, 2.05) is 20.0 Å². The first kappa shape index (κ1) is 52.3. The van der Waals surface area contributed by atoms with Gasteiger partial charge in [0, 0.05) is 76.2 Å². The number of benzene rings is 1. The summed E-state index contributed by atoms with van der Waals surface area (Å²) in [5.41, 5.74) is 3.37. The largest absolute Gasteiger partial charge is 0.394 e. The molecule has 0 saturated carbocycles. The Bertz CT molecular complexity index is 1510. The highest BCUT2D eigenvalue weighted by Crippen LogP contribution is 2.33. The van der Waals surface area contributed by atoms with Crippen LogP contribution in [0.5, 0.6) is 0 Å². The molecule has 0 unspecified atom stereocenters. The Kier molecular flexibility index (Phi) is 29.5. The number of hydrogen-bond acceptors (Lipinski definition) is 15. The van der Waals surface area contributed by atoms with E-state index in [4.69, 9.17) is 48.2 Å². The standard InChI is InChI=1S/C39H60N6O9S.C4H10.C2H6/c46-16-20-51-24-28-52-25-21-48-17-7-38(47)40-8-18-49-22-26-53-29-30-54-27-23-50-19-15-43-11-13-44(14-12-43)34-4-5-35-36(31-34)55-39(42-35)33-3-6-37(41-32-33)45-9-1-2-10-45;1-3-4-2;1-2/h3-6,31-32,46H,1-2,7-30H2,(H,40,47);3-4H2,1-2H3;1-2H3. The molecule has 2 N–H and O–H groups in total. The molecular formula is C45H76N6O9S. The van der Waals surface area contributed by atoms with Gasteiger partial charge in [0.2, 0.25) is 5.91 Å². The van der Waals surface area contributed by atoms with Crippen molar-refractivity contribution < 1.29 is 43.1 Å². The van der Waals surface area contributed by atoms with Crippen LogP contribution in [0.4, 0.5) is 11.5 Å². The van der Waals surface area contributed by atoms with Crippen molar-refractivity contribution in [2.75, 3.05) is 161 Å². The zero-order valence-corrected chi connectivity index (χ0v) is 38.4. The first-order valence-corrected chi connectivity index (χ1v) is 23.4. The van der Waals surface area contributed by atoms with Gasteiger partial charge in [-0.3, -0.25) is 9.69 Å². The third-order valence-corrected chi connectivity index (χ3v) is 10.8. The highest BCUT2D eigenvalue weighted by atomic mass is 32.1. The maximum atomic E-state index is 11.8. The molecule has 16 heteroatoms. The molecule has 0 atom stereocenters. The molecule has 2 aliphatic rings. The summed E-state index contributed by atoms with van der Waals surface area (Å²) in [4.78, 5) is 28.8. The van der Waals surface area contributed by atoms with Gasteiger partial charge in [0.1, 0.15) is 10.8 Å². The molecule has 15 nitrogen and oxygen atoms in total. The molecule has 0 bridgehead atoms. The summed E-state index contributed by atoms with van der Waals surface area (Å²) in [6.45, 7) is 22.4. The Morgan fingerprint density at radius 3 is 1.84 bits per heavy atom. The van der Waals surface area contributed by atoms with E-state index >= 15 is 0 Å². The van der Waals surface area contributed by atoms with Crippen molar-refractivity contribution in [2.45, 2.75) is 59.8 Å². The fraction of sp³-hybridized carbons (Fsp3) is 0.711. The Balaban J connectivity index is 0.00000156. The molecule has 4 heterocycles. The van der Waals surface area contributed by atoms with E-state index in [2.05, 4.69) is 64.2 Å². The van der Waals surface area contributed by atoms with Crippen molar-refractivity contribution in [2.24, 2.45) is 0 Å². The van der Waals surface area contributed by atoms with Gasteiger partial charge < -0.3 is 53.4 Å². The molecule has 2 aliphatic heterocycles. The monoisotopic (exact) mass is 877 g/mol. The number of aromatic nitrogens is 2. The first-order chi connectivity index (χ1) is 30.1. The molecule has 2 fully saturated rings. The van der Waals surface area contributed by atoms with E-state index < -0.39 is 0 Å². The molecule has 61 heavy (non-hydrogen) atoms. The van der Waals surface area contributed by atoms with Crippen molar-refractivity contribution in [1.82, 2.24) is 20.2 Å². The van der Waals surface area contributed by atoms with Crippen LogP contribution >= 0.6 is 11.3 Å². The second-order valence-corrected chi connectivity index (χ2v) is 15.2. The van der Waals surface area contributed by atoms with Crippen LogP contribution in [0.1, 0.15) is 59.8 Å². The zero-order chi connectivity index (χ0) is 43.6. The Hall–Kier alpha value is -3.03. The lowest BCUT2D eigenvalue weighted by Gasteiger charge is -2.36. The number of nitrogens with zero attached hydrogens (tertiary/aromatic N) is 5. The maximum absolute atomic E-state index is 11.8. The number of hydrogen-bond donors (Lipinski definition) is 2. The molecule has 346 valence electrons. The van der Waals surface area contributed by atoms with Crippen molar-refractivity contribution in [3.8, 4) is 10.6 Å². The molecule has 0 aliphatic carbocycles. The van der Waals surface area contributed by atoms with Gasteiger partial charge in [-0.15, -0.1) is 11.3 Å². The number of carbonyl (C=O) groups excluding carboxylic acids is 1. The average molecular weight is 877 g/mol. The van der Waals surface area contributed by atoms with Crippen molar-refractivity contribution in [3.63, 3.8) is 0 Å². The van der Waals surface area contributed by atoms with E-state index in [1.54, 1.807) is 11.3 Å². The SMILES string of the molecule is CC.CCCC.O=C(CCOCCOCCOCCO)NCCOCCOCCOCCOCCN1CCN(c2ccc3nc(-c4ccc(N5CCCC5)nc4)sc3c2)CC1. The van der Waals surface area contributed by atoms with Gasteiger partial charge in [-0.05, 0) is 43.2 Å². The summed E-state index contributed by atoms with van der Waals surface area (Å²) < 4.78 is 39.5. The van der Waals surface area contributed by atoms with E-state index in [-0.39, 0.29) is 18.9 Å². The summed E-state index contributed by atoms with van der Waals surface area (Å²) in [5.74, 6) is 0.985. The molecule has 5 rings (SSSR count). The minimum atomic E-state index is -0.0818. The summed E-state index contributed by atoms with van der Waals surface area (Å²) in [5, 5.41) is 12.4. The number of anilines is 2. The lowest BCUT2D eigenvalue weighted by atomic mass is 10.2. The number of aliphatic hydroxyl groups excluding tert-OH is 1. The summed E-state index contributed by atoms with van der Waals surface area (Å²) in [6.07, 6.45) is 7.39. The number of aliphatic hydroxyl groups is 1. The van der Waals surface area contributed by atoms with Crippen molar-refractivity contribution >= 4 is 39.0 Å². The molecule has 1 amide bonds. The minimum Gasteiger partial charge on any atom is -0.394 e. The number of carbonyl (C=O) groups is 1. The smallest absolute Gasteiger partial charge is 0.222 e.